The number of aromatic nitrogens is 1. The van der Waals surface area contributed by atoms with E-state index in [1.165, 1.54) is 40.4 Å². The molecule has 0 bridgehead atoms. The van der Waals surface area contributed by atoms with E-state index < -0.39 is 0 Å². The molecule has 1 atom stereocenters. The number of H-pyrrole nitrogens is 1. The van der Waals surface area contributed by atoms with Gasteiger partial charge in [-0.2, -0.15) is 0 Å². The van der Waals surface area contributed by atoms with Crippen LogP contribution in [0, 0.1) is 26.2 Å². The number of benzene rings is 1. The monoisotopic (exact) mass is 339 g/mol. The molecule has 4 nitrogen and oxygen atoms in total. The van der Waals surface area contributed by atoms with Gasteiger partial charge in [0.2, 0.25) is 5.91 Å². The minimum absolute atomic E-state index is 0.288. The molecule has 1 unspecified atom stereocenters. The summed E-state index contributed by atoms with van der Waals surface area (Å²) in [7, 11) is 0. The number of nitrogens with zero attached hydrogens (tertiary/aromatic N) is 1. The van der Waals surface area contributed by atoms with Crippen molar-refractivity contribution in [1.29, 1.82) is 0 Å². The van der Waals surface area contributed by atoms with Crippen LogP contribution in [-0.2, 0) is 11.2 Å². The van der Waals surface area contributed by atoms with Gasteiger partial charge in [0, 0.05) is 41.6 Å². The molecule has 2 fully saturated rings. The summed E-state index contributed by atoms with van der Waals surface area (Å²) in [6.45, 7) is 10.4. The highest BCUT2D eigenvalue weighted by Gasteiger charge is 2.39. The predicted molar refractivity (Wildman–Crippen MR) is 102 cm³/mol. The van der Waals surface area contributed by atoms with E-state index in [1.54, 1.807) is 0 Å². The zero-order valence-electron chi connectivity index (χ0n) is 15.7. The van der Waals surface area contributed by atoms with Gasteiger partial charge in [0.1, 0.15) is 0 Å². The Hall–Kier alpha value is -1.81. The summed E-state index contributed by atoms with van der Waals surface area (Å²) in [6, 6.07) is 4.32. The van der Waals surface area contributed by atoms with Crippen LogP contribution in [0.3, 0.4) is 0 Å². The van der Waals surface area contributed by atoms with E-state index in [9.17, 15) is 4.79 Å². The number of carbonyl (C=O) groups excluding carboxylic acids is 1. The summed E-state index contributed by atoms with van der Waals surface area (Å²) >= 11 is 0. The molecular weight excluding hydrogens is 310 g/mol. The van der Waals surface area contributed by atoms with Crippen LogP contribution in [-0.4, -0.2) is 42.0 Å². The molecule has 4 heteroatoms. The van der Waals surface area contributed by atoms with Gasteiger partial charge in [0.05, 0.1) is 6.42 Å². The number of carbonyl (C=O) groups is 1. The Morgan fingerprint density at radius 3 is 2.76 bits per heavy atom. The van der Waals surface area contributed by atoms with Crippen molar-refractivity contribution in [3.8, 4) is 0 Å². The zero-order valence-corrected chi connectivity index (χ0v) is 15.7. The van der Waals surface area contributed by atoms with Crippen LogP contribution in [0.2, 0.25) is 0 Å². The van der Waals surface area contributed by atoms with Crippen LogP contribution >= 0.6 is 0 Å². The fraction of sp³-hybridized carbons (Fsp3) is 0.571. The Balaban J connectivity index is 1.60. The molecule has 0 saturated carbocycles. The summed E-state index contributed by atoms with van der Waals surface area (Å²) in [4.78, 5) is 18.7. The first kappa shape index (κ1) is 16.6. The molecule has 1 amide bonds. The summed E-state index contributed by atoms with van der Waals surface area (Å²) in [5.74, 6) is 0.288. The third kappa shape index (κ3) is 2.86. The second kappa shape index (κ2) is 6.17. The van der Waals surface area contributed by atoms with E-state index in [4.69, 9.17) is 0 Å². The molecular formula is C21H29N3O. The van der Waals surface area contributed by atoms with Gasteiger partial charge < -0.3 is 15.2 Å². The van der Waals surface area contributed by atoms with Crippen LogP contribution < -0.4 is 5.32 Å². The highest BCUT2D eigenvalue weighted by molar-refractivity contribution is 5.93. The number of hydrogen-bond donors (Lipinski definition) is 2. The van der Waals surface area contributed by atoms with Crippen LogP contribution in [0.1, 0.15) is 41.6 Å². The number of piperidine rings is 1. The molecule has 0 aliphatic carbocycles. The molecule has 0 radical (unpaired) electrons. The van der Waals surface area contributed by atoms with Gasteiger partial charge in [-0.05, 0) is 63.3 Å². The molecule has 2 aliphatic rings. The predicted octanol–water partition coefficient (Wildman–Crippen LogP) is 3.24. The topological polar surface area (TPSA) is 48.1 Å². The second-order valence-corrected chi connectivity index (χ2v) is 8.20. The molecule has 4 rings (SSSR count). The number of aromatic amines is 1. The van der Waals surface area contributed by atoms with E-state index in [1.807, 2.05) is 0 Å². The van der Waals surface area contributed by atoms with Crippen LogP contribution in [0.5, 0.6) is 0 Å². The normalized spacial score (nSPS) is 23.7. The van der Waals surface area contributed by atoms with Crippen LogP contribution in [0.4, 0.5) is 0 Å². The summed E-state index contributed by atoms with van der Waals surface area (Å²) in [5.41, 5.74) is 6.34. The first-order valence-corrected chi connectivity index (χ1v) is 9.55. The van der Waals surface area contributed by atoms with E-state index in [0.29, 0.717) is 11.8 Å². The smallest absolute Gasteiger partial charge is 0.227 e. The van der Waals surface area contributed by atoms with Crippen molar-refractivity contribution in [3.63, 3.8) is 0 Å². The van der Waals surface area contributed by atoms with Gasteiger partial charge in [-0.15, -0.1) is 0 Å². The van der Waals surface area contributed by atoms with Crippen molar-refractivity contribution in [2.75, 3.05) is 26.2 Å². The number of likely N-dealkylation sites (tertiary alicyclic amines) is 1. The molecule has 25 heavy (non-hydrogen) atoms. The number of aryl methyl sites for hydroxylation is 3. The molecule has 1 spiro atoms. The quantitative estimate of drug-likeness (QED) is 0.882. The van der Waals surface area contributed by atoms with Gasteiger partial charge in [-0.25, -0.2) is 0 Å². The second-order valence-electron chi connectivity index (χ2n) is 8.20. The largest absolute Gasteiger partial charge is 0.358 e. The number of nitrogens with one attached hydrogen (secondary N) is 2. The average Bonchev–Trinajstić information content (AvgIpc) is 3.17. The Kier molecular flexibility index (Phi) is 4.11. The maximum absolute atomic E-state index is 13.1. The fourth-order valence-electron chi connectivity index (χ4n) is 4.86. The lowest BCUT2D eigenvalue weighted by molar-refractivity contribution is -0.133. The Bertz CT molecular complexity index is 814. The van der Waals surface area contributed by atoms with Crippen molar-refractivity contribution >= 4 is 16.8 Å². The minimum Gasteiger partial charge on any atom is -0.358 e. The number of hydrogen-bond acceptors (Lipinski definition) is 2. The zero-order chi connectivity index (χ0) is 17.6. The van der Waals surface area contributed by atoms with E-state index in [-0.39, 0.29) is 5.91 Å². The standard InChI is InChI=1S/C21H29N3O/c1-14-5-6-15(2)20-19(14)17(16(3)23-20)11-18(25)24-10-4-7-21(13-24)8-9-22-12-21/h5-6,22-23H,4,7-13H2,1-3H3. The Labute approximate surface area is 150 Å². The van der Waals surface area contributed by atoms with E-state index in [2.05, 4.69) is 48.1 Å². The number of amides is 1. The molecule has 2 N–H and O–H groups in total. The molecule has 1 aromatic carbocycles. The van der Waals surface area contributed by atoms with Crippen molar-refractivity contribution in [1.82, 2.24) is 15.2 Å². The number of rotatable bonds is 2. The van der Waals surface area contributed by atoms with Gasteiger partial charge >= 0.3 is 0 Å². The van der Waals surface area contributed by atoms with Crippen molar-refractivity contribution in [2.45, 2.75) is 46.5 Å². The Morgan fingerprint density at radius 1 is 1.20 bits per heavy atom. The molecule has 2 aliphatic heterocycles. The third-order valence-electron chi connectivity index (χ3n) is 6.36. The van der Waals surface area contributed by atoms with E-state index in [0.717, 1.165) is 38.3 Å². The molecule has 134 valence electrons. The maximum atomic E-state index is 13.1. The van der Waals surface area contributed by atoms with Crippen molar-refractivity contribution in [3.05, 3.63) is 34.5 Å². The maximum Gasteiger partial charge on any atom is 0.227 e. The average molecular weight is 339 g/mol. The molecule has 1 aromatic heterocycles. The van der Waals surface area contributed by atoms with Gasteiger partial charge in [0.15, 0.2) is 0 Å². The lowest BCUT2D eigenvalue weighted by atomic mass is 9.79. The highest BCUT2D eigenvalue weighted by Crippen LogP contribution is 2.36. The Morgan fingerprint density at radius 2 is 2.00 bits per heavy atom. The summed E-state index contributed by atoms with van der Waals surface area (Å²) in [5, 5.41) is 4.74. The van der Waals surface area contributed by atoms with Gasteiger partial charge in [0.25, 0.3) is 0 Å². The van der Waals surface area contributed by atoms with E-state index >= 15 is 0 Å². The van der Waals surface area contributed by atoms with Gasteiger partial charge in [-0.1, -0.05) is 12.1 Å². The van der Waals surface area contributed by atoms with Gasteiger partial charge in [-0.3, -0.25) is 4.79 Å². The first-order chi connectivity index (χ1) is 12.0. The van der Waals surface area contributed by atoms with Crippen molar-refractivity contribution < 1.29 is 4.79 Å². The summed E-state index contributed by atoms with van der Waals surface area (Å²) < 4.78 is 0. The lowest BCUT2D eigenvalue weighted by Crippen LogP contribution is -2.47. The highest BCUT2D eigenvalue weighted by atomic mass is 16.2. The number of fused-ring (bicyclic) bond motifs is 1. The lowest BCUT2D eigenvalue weighted by Gasteiger charge is -2.40. The molecule has 3 heterocycles. The molecule has 2 aromatic rings. The molecule has 2 saturated heterocycles. The summed E-state index contributed by atoms with van der Waals surface area (Å²) in [6.07, 6.45) is 4.12. The minimum atomic E-state index is 0.288. The first-order valence-electron chi connectivity index (χ1n) is 9.55. The van der Waals surface area contributed by atoms with Crippen LogP contribution in [0.25, 0.3) is 10.9 Å². The van der Waals surface area contributed by atoms with Crippen LogP contribution in [0.15, 0.2) is 12.1 Å². The SMILES string of the molecule is Cc1[nH]c2c(C)ccc(C)c2c1CC(=O)N1CCCC2(CCNC2)C1. The fourth-order valence-corrected chi connectivity index (χ4v) is 4.86. The van der Waals surface area contributed by atoms with Crippen molar-refractivity contribution in [2.24, 2.45) is 5.41 Å². The third-order valence-corrected chi connectivity index (χ3v) is 6.36.